The summed E-state index contributed by atoms with van der Waals surface area (Å²) in [6.07, 6.45) is 0. The van der Waals surface area contributed by atoms with Gasteiger partial charge in [0.05, 0.1) is 21.7 Å². The van der Waals surface area contributed by atoms with Crippen molar-refractivity contribution < 1.29 is 14.3 Å². The molecule has 0 radical (unpaired) electrons. The quantitative estimate of drug-likeness (QED) is 0.704. The number of hydrogen-bond acceptors (Lipinski definition) is 3. The summed E-state index contributed by atoms with van der Waals surface area (Å²) in [5.41, 5.74) is 1.06. The van der Waals surface area contributed by atoms with Gasteiger partial charge in [-0.1, -0.05) is 0 Å². The highest BCUT2D eigenvalue weighted by Gasteiger charge is 2.16. The van der Waals surface area contributed by atoms with Crippen LogP contribution in [0.1, 0.15) is 15.2 Å². The maximum atomic E-state index is 13.5. The molecule has 0 saturated carbocycles. The Balaban J connectivity index is 2.37. The summed E-state index contributed by atoms with van der Waals surface area (Å²) in [6, 6.07) is 7.81. The van der Waals surface area contributed by atoms with Crippen molar-refractivity contribution >= 4 is 44.1 Å². The van der Waals surface area contributed by atoms with Crippen LogP contribution in [-0.2, 0) is 0 Å². The van der Waals surface area contributed by atoms with Crippen LogP contribution in [0.5, 0.6) is 0 Å². The molecule has 0 spiro atoms. The van der Waals surface area contributed by atoms with E-state index < -0.39 is 11.8 Å². The van der Waals surface area contributed by atoms with Crippen molar-refractivity contribution in [2.24, 2.45) is 0 Å². The predicted octanol–water partition coefficient (Wildman–Crippen LogP) is 4.87. The number of carboxylic acid groups (broad SMARTS) is 1. The van der Waals surface area contributed by atoms with Gasteiger partial charge in [-0.25, -0.2) is 14.2 Å². The topological polar surface area (TPSA) is 50.2 Å². The molecule has 0 aliphatic heterocycles. The zero-order valence-electron chi connectivity index (χ0n) is 10.9. The minimum absolute atomic E-state index is 0.0428. The summed E-state index contributed by atoms with van der Waals surface area (Å²) in [4.78, 5) is 17.9. The van der Waals surface area contributed by atoms with Crippen LogP contribution in [0.15, 0.2) is 34.8 Å². The summed E-state index contributed by atoms with van der Waals surface area (Å²) in [5, 5.41) is 9.66. The standard InChI is InChI=1S/C15H9BrFNO2S/c1-7-2-3-13(21-7)12-6-10(15(19)20)9-4-8(17)5-11(16)14(9)18-12/h2-6H,1H3,(H,19,20). The van der Waals surface area contributed by atoms with Gasteiger partial charge in [0.25, 0.3) is 0 Å². The lowest BCUT2D eigenvalue weighted by atomic mass is 10.1. The van der Waals surface area contributed by atoms with Crippen molar-refractivity contribution in [2.75, 3.05) is 0 Å². The zero-order valence-corrected chi connectivity index (χ0v) is 13.3. The van der Waals surface area contributed by atoms with Gasteiger partial charge in [0.15, 0.2) is 0 Å². The van der Waals surface area contributed by atoms with Crippen molar-refractivity contribution in [1.29, 1.82) is 0 Å². The van der Waals surface area contributed by atoms with Crippen LogP contribution < -0.4 is 0 Å². The average molecular weight is 366 g/mol. The molecule has 106 valence electrons. The molecule has 0 amide bonds. The van der Waals surface area contributed by atoms with Gasteiger partial charge in [0.1, 0.15) is 5.82 Å². The van der Waals surface area contributed by atoms with Crippen molar-refractivity contribution in [3.8, 4) is 10.6 Å². The maximum Gasteiger partial charge on any atom is 0.336 e. The smallest absolute Gasteiger partial charge is 0.336 e. The van der Waals surface area contributed by atoms with Crippen LogP contribution in [0.4, 0.5) is 4.39 Å². The Morgan fingerprint density at radius 2 is 2.10 bits per heavy atom. The van der Waals surface area contributed by atoms with Gasteiger partial charge >= 0.3 is 5.97 Å². The molecule has 2 heterocycles. The molecular formula is C15H9BrFNO2S. The number of hydrogen-bond donors (Lipinski definition) is 1. The minimum atomic E-state index is -1.10. The zero-order chi connectivity index (χ0) is 15.1. The third kappa shape index (κ3) is 2.56. The molecule has 0 aliphatic carbocycles. The molecule has 21 heavy (non-hydrogen) atoms. The number of fused-ring (bicyclic) bond motifs is 1. The van der Waals surface area contributed by atoms with E-state index in [1.54, 1.807) is 0 Å². The monoisotopic (exact) mass is 365 g/mol. The van der Waals surface area contributed by atoms with E-state index in [9.17, 15) is 14.3 Å². The highest BCUT2D eigenvalue weighted by Crippen LogP contribution is 2.33. The predicted molar refractivity (Wildman–Crippen MR) is 84.4 cm³/mol. The Hall–Kier alpha value is -1.79. The molecule has 6 heteroatoms. The van der Waals surface area contributed by atoms with Gasteiger partial charge < -0.3 is 5.11 Å². The van der Waals surface area contributed by atoms with Crippen LogP contribution in [0.3, 0.4) is 0 Å². The number of benzene rings is 1. The summed E-state index contributed by atoms with van der Waals surface area (Å²) < 4.78 is 14.0. The first-order chi connectivity index (χ1) is 9.95. The number of rotatable bonds is 2. The average Bonchev–Trinajstić information content (AvgIpc) is 2.84. The van der Waals surface area contributed by atoms with E-state index in [4.69, 9.17) is 0 Å². The van der Waals surface area contributed by atoms with Gasteiger partial charge in [-0.2, -0.15) is 0 Å². The highest BCUT2D eigenvalue weighted by atomic mass is 79.9. The molecule has 1 N–H and O–H groups in total. The first-order valence-electron chi connectivity index (χ1n) is 6.05. The van der Waals surface area contributed by atoms with Gasteiger partial charge in [-0.05, 0) is 53.2 Å². The van der Waals surface area contributed by atoms with Crippen molar-refractivity contribution in [3.05, 3.63) is 51.1 Å². The Bertz CT molecular complexity index is 875. The van der Waals surface area contributed by atoms with Gasteiger partial charge in [0.2, 0.25) is 0 Å². The number of nitrogens with zero attached hydrogens (tertiary/aromatic N) is 1. The summed E-state index contributed by atoms with van der Waals surface area (Å²) in [5.74, 6) is -1.60. The van der Waals surface area contributed by atoms with E-state index in [0.717, 1.165) is 9.75 Å². The van der Waals surface area contributed by atoms with Gasteiger partial charge in [0, 0.05) is 14.7 Å². The van der Waals surface area contributed by atoms with Crippen molar-refractivity contribution in [2.45, 2.75) is 6.92 Å². The molecule has 3 rings (SSSR count). The fourth-order valence-electron chi connectivity index (χ4n) is 2.13. The minimum Gasteiger partial charge on any atom is -0.478 e. The van der Waals surface area contributed by atoms with Crippen LogP contribution in [0, 0.1) is 12.7 Å². The molecular weight excluding hydrogens is 357 g/mol. The Labute approximate surface area is 132 Å². The van der Waals surface area contributed by atoms with E-state index in [-0.39, 0.29) is 10.9 Å². The highest BCUT2D eigenvalue weighted by molar-refractivity contribution is 9.10. The molecule has 2 aromatic heterocycles. The molecule has 0 unspecified atom stereocenters. The fourth-order valence-corrected chi connectivity index (χ4v) is 3.48. The molecule has 0 aliphatic rings. The van der Waals surface area contributed by atoms with Gasteiger partial charge in [-0.3, -0.25) is 0 Å². The molecule has 3 aromatic rings. The second-order valence-electron chi connectivity index (χ2n) is 4.55. The lowest BCUT2D eigenvalue weighted by molar-refractivity contribution is 0.0699. The second-order valence-corrected chi connectivity index (χ2v) is 6.70. The third-order valence-corrected chi connectivity index (χ3v) is 4.68. The lowest BCUT2D eigenvalue weighted by Gasteiger charge is -2.07. The first kappa shape index (κ1) is 14.2. The first-order valence-corrected chi connectivity index (χ1v) is 7.66. The fraction of sp³-hybridized carbons (Fsp3) is 0.0667. The number of halogens is 2. The number of aryl methyl sites for hydroxylation is 1. The van der Waals surface area contributed by atoms with Crippen LogP contribution >= 0.6 is 27.3 Å². The van der Waals surface area contributed by atoms with Crippen LogP contribution in [0.2, 0.25) is 0 Å². The number of pyridine rings is 1. The van der Waals surface area contributed by atoms with Crippen molar-refractivity contribution in [1.82, 2.24) is 4.98 Å². The SMILES string of the molecule is Cc1ccc(-c2cc(C(=O)O)c3cc(F)cc(Br)c3n2)s1. The van der Waals surface area contributed by atoms with E-state index in [0.29, 0.717) is 15.7 Å². The maximum absolute atomic E-state index is 13.5. The molecule has 0 atom stereocenters. The molecule has 0 fully saturated rings. The van der Waals surface area contributed by atoms with Crippen LogP contribution in [-0.4, -0.2) is 16.1 Å². The summed E-state index contributed by atoms with van der Waals surface area (Å²) >= 11 is 4.78. The molecule has 1 aromatic carbocycles. The molecule has 0 bridgehead atoms. The van der Waals surface area contributed by atoms with E-state index in [1.807, 2.05) is 19.1 Å². The Morgan fingerprint density at radius 3 is 2.71 bits per heavy atom. The van der Waals surface area contributed by atoms with E-state index in [2.05, 4.69) is 20.9 Å². The number of carboxylic acids is 1. The summed E-state index contributed by atoms with van der Waals surface area (Å²) in [7, 11) is 0. The largest absolute Gasteiger partial charge is 0.478 e. The Kier molecular flexibility index (Phi) is 3.51. The summed E-state index contributed by atoms with van der Waals surface area (Å²) in [6.45, 7) is 1.97. The number of aromatic nitrogens is 1. The number of thiophene rings is 1. The number of aromatic carboxylic acids is 1. The molecule has 0 saturated heterocycles. The normalized spacial score (nSPS) is 11.0. The second kappa shape index (κ2) is 5.20. The van der Waals surface area contributed by atoms with Crippen molar-refractivity contribution in [3.63, 3.8) is 0 Å². The third-order valence-electron chi connectivity index (χ3n) is 3.05. The van der Waals surface area contributed by atoms with E-state index >= 15 is 0 Å². The van der Waals surface area contributed by atoms with Gasteiger partial charge in [-0.15, -0.1) is 11.3 Å². The van der Waals surface area contributed by atoms with Crippen LogP contribution in [0.25, 0.3) is 21.5 Å². The number of carbonyl (C=O) groups is 1. The van der Waals surface area contributed by atoms with E-state index in [1.165, 1.54) is 29.5 Å². The Morgan fingerprint density at radius 1 is 1.33 bits per heavy atom. The lowest BCUT2D eigenvalue weighted by Crippen LogP contribution is -2.01. The molecule has 3 nitrogen and oxygen atoms in total.